The molecule has 1 fully saturated rings. The van der Waals surface area contributed by atoms with Gasteiger partial charge in [-0.3, -0.25) is 9.78 Å². The summed E-state index contributed by atoms with van der Waals surface area (Å²) in [6.45, 7) is 1.59. The number of aromatic nitrogens is 1. The van der Waals surface area contributed by atoms with Gasteiger partial charge >= 0.3 is 6.29 Å². The highest BCUT2D eigenvalue weighted by Gasteiger charge is 2.43. The van der Waals surface area contributed by atoms with E-state index in [1.165, 1.54) is 12.1 Å². The largest absolute Gasteiger partial charge is 0.586 e. The summed E-state index contributed by atoms with van der Waals surface area (Å²) in [5.74, 6) is -0.256. The maximum absolute atomic E-state index is 13.3. The first-order chi connectivity index (χ1) is 13.0. The molecule has 2 N–H and O–H groups in total. The van der Waals surface area contributed by atoms with Crippen molar-refractivity contribution in [2.75, 3.05) is 13.1 Å². The number of nitrogens with zero attached hydrogens (tertiary/aromatic N) is 1. The SMILES string of the molecule is Cl.O=C(NC(c1ccc2c(c1)OC(F)(F)O2)c1ccccn1)C1CCNCC1. The quantitative estimate of drug-likeness (QED) is 0.809. The van der Waals surface area contributed by atoms with E-state index in [9.17, 15) is 13.6 Å². The molecule has 0 bridgehead atoms. The van der Waals surface area contributed by atoms with Gasteiger partial charge in [-0.2, -0.15) is 0 Å². The molecule has 3 heterocycles. The maximum Gasteiger partial charge on any atom is 0.586 e. The van der Waals surface area contributed by atoms with Crippen LogP contribution in [0.1, 0.15) is 30.1 Å². The minimum absolute atomic E-state index is 0. The van der Waals surface area contributed by atoms with Crippen molar-refractivity contribution in [3.05, 3.63) is 53.9 Å². The first-order valence-electron chi connectivity index (χ1n) is 8.84. The third kappa shape index (κ3) is 4.34. The van der Waals surface area contributed by atoms with E-state index >= 15 is 0 Å². The van der Waals surface area contributed by atoms with Crippen LogP contribution in [-0.2, 0) is 4.79 Å². The lowest BCUT2D eigenvalue weighted by molar-refractivity contribution is -0.286. The van der Waals surface area contributed by atoms with Gasteiger partial charge in [0.25, 0.3) is 0 Å². The Labute approximate surface area is 167 Å². The van der Waals surface area contributed by atoms with Gasteiger partial charge in [0, 0.05) is 12.1 Å². The third-order valence-corrected chi connectivity index (χ3v) is 4.74. The van der Waals surface area contributed by atoms with Crippen molar-refractivity contribution in [3.8, 4) is 11.5 Å². The number of rotatable bonds is 4. The van der Waals surface area contributed by atoms with Crippen LogP contribution in [0.5, 0.6) is 11.5 Å². The summed E-state index contributed by atoms with van der Waals surface area (Å²) < 4.78 is 35.6. The lowest BCUT2D eigenvalue weighted by Gasteiger charge is -2.25. The van der Waals surface area contributed by atoms with E-state index in [-0.39, 0.29) is 35.7 Å². The van der Waals surface area contributed by atoms with Gasteiger partial charge in [-0.05, 0) is 55.8 Å². The third-order valence-electron chi connectivity index (χ3n) is 4.74. The van der Waals surface area contributed by atoms with E-state index in [1.54, 1.807) is 24.4 Å². The molecule has 9 heteroatoms. The van der Waals surface area contributed by atoms with Crippen LogP contribution in [0.2, 0.25) is 0 Å². The number of piperidine rings is 1. The molecule has 1 aromatic carbocycles. The second-order valence-corrected chi connectivity index (χ2v) is 6.59. The van der Waals surface area contributed by atoms with Crippen LogP contribution < -0.4 is 20.1 Å². The van der Waals surface area contributed by atoms with Gasteiger partial charge in [0.15, 0.2) is 11.5 Å². The number of hydrogen-bond acceptors (Lipinski definition) is 5. The molecule has 2 aliphatic rings. The van der Waals surface area contributed by atoms with E-state index in [2.05, 4.69) is 25.1 Å². The predicted octanol–water partition coefficient (Wildman–Crippen LogP) is 3.03. The Morgan fingerprint density at radius 2 is 1.93 bits per heavy atom. The molecule has 0 spiro atoms. The van der Waals surface area contributed by atoms with E-state index in [4.69, 9.17) is 0 Å². The van der Waals surface area contributed by atoms with E-state index in [1.807, 2.05) is 6.07 Å². The summed E-state index contributed by atoms with van der Waals surface area (Å²) in [6, 6.07) is 9.30. The number of carbonyl (C=O) groups is 1. The second-order valence-electron chi connectivity index (χ2n) is 6.59. The maximum atomic E-state index is 13.3. The Hall–Kier alpha value is -2.45. The fourth-order valence-corrected chi connectivity index (χ4v) is 3.36. The zero-order chi connectivity index (χ0) is 18.9. The molecular weight excluding hydrogens is 392 g/mol. The van der Waals surface area contributed by atoms with Crippen LogP contribution in [0.15, 0.2) is 42.6 Å². The van der Waals surface area contributed by atoms with Crippen molar-refractivity contribution in [3.63, 3.8) is 0 Å². The van der Waals surface area contributed by atoms with Crippen LogP contribution in [0.4, 0.5) is 8.78 Å². The molecule has 2 aromatic rings. The predicted molar refractivity (Wildman–Crippen MR) is 99.7 cm³/mol. The molecule has 6 nitrogen and oxygen atoms in total. The van der Waals surface area contributed by atoms with Crippen molar-refractivity contribution < 1.29 is 23.0 Å². The standard InChI is InChI=1S/C19H19F2N3O3.ClH/c20-19(21)26-15-5-4-13(11-16(15)27-19)17(14-3-1-2-8-23-14)24-18(25)12-6-9-22-10-7-12;/h1-5,8,11-12,17,22H,6-7,9-10H2,(H,24,25);1H. The highest BCUT2D eigenvalue weighted by Crippen LogP contribution is 2.42. The van der Waals surface area contributed by atoms with Crippen LogP contribution in [0.25, 0.3) is 0 Å². The van der Waals surface area contributed by atoms with Crippen LogP contribution in [-0.4, -0.2) is 30.3 Å². The number of nitrogens with one attached hydrogen (secondary N) is 2. The summed E-state index contributed by atoms with van der Waals surface area (Å²) in [7, 11) is 0. The molecule has 0 aliphatic carbocycles. The molecule has 0 saturated carbocycles. The van der Waals surface area contributed by atoms with Crippen molar-refractivity contribution in [2.24, 2.45) is 5.92 Å². The fraction of sp³-hybridized carbons (Fsp3) is 0.368. The number of ether oxygens (including phenoxy) is 2. The number of hydrogen-bond donors (Lipinski definition) is 2. The Kier molecular flexibility index (Phi) is 6.00. The minimum Gasteiger partial charge on any atom is -0.395 e. The van der Waals surface area contributed by atoms with Crippen LogP contribution in [0, 0.1) is 5.92 Å². The molecule has 150 valence electrons. The second kappa shape index (κ2) is 8.28. The first-order valence-corrected chi connectivity index (χ1v) is 8.84. The van der Waals surface area contributed by atoms with Gasteiger partial charge in [-0.1, -0.05) is 12.1 Å². The normalized spacial score (nSPS) is 18.8. The Bertz CT molecular complexity index is 832. The number of carbonyl (C=O) groups excluding carboxylic acids is 1. The van der Waals surface area contributed by atoms with Crippen molar-refractivity contribution in [1.29, 1.82) is 0 Å². The van der Waals surface area contributed by atoms with Gasteiger partial charge in [-0.15, -0.1) is 21.2 Å². The van der Waals surface area contributed by atoms with Gasteiger partial charge in [0.1, 0.15) is 0 Å². The molecule has 0 radical (unpaired) electrons. The molecule has 1 amide bonds. The number of pyridine rings is 1. The molecule has 1 saturated heterocycles. The lowest BCUT2D eigenvalue weighted by atomic mass is 9.95. The monoisotopic (exact) mass is 411 g/mol. The average molecular weight is 412 g/mol. The van der Waals surface area contributed by atoms with E-state index in [0.29, 0.717) is 11.3 Å². The summed E-state index contributed by atoms with van der Waals surface area (Å²) >= 11 is 0. The van der Waals surface area contributed by atoms with Gasteiger partial charge in [0.2, 0.25) is 5.91 Å². The Morgan fingerprint density at radius 1 is 1.18 bits per heavy atom. The van der Waals surface area contributed by atoms with Crippen molar-refractivity contribution in [2.45, 2.75) is 25.2 Å². The highest BCUT2D eigenvalue weighted by molar-refractivity contribution is 5.85. The molecule has 4 rings (SSSR count). The molecule has 2 aliphatic heterocycles. The van der Waals surface area contributed by atoms with Gasteiger partial charge in [-0.25, -0.2) is 0 Å². The van der Waals surface area contributed by atoms with Crippen molar-refractivity contribution >= 4 is 18.3 Å². The van der Waals surface area contributed by atoms with Gasteiger partial charge in [0.05, 0.1) is 11.7 Å². The number of alkyl halides is 2. The zero-order valence-electron chi connectivity index (χ0n) is 14.9. The Balaban J connectivity index is 0.00000225. The molecule has 1 aromatic heterocycles. The van der Waals surface area contributed by atoms with E-state index < -0.39 is 12.3 Å². The Morgan fingerprint density at radius 3 is 2.64 bits per heavy atom. The lowest BCUT2D eigenvalue weighted by Crippen LogP contribution is -2.40. The summed E-state index contributed by atoms with van der Waals surface area (Å²) in [5.41, 5.74) is 1.21. The number of halogens is 3. The van der Waals surface area contributed by atoms with Crippen LogP contribution in [0.3, 0.4) is 0 Å². The number of amides is 1. The summed E-state index contributed by atoms with van der Waals surface area (Å²) in [5, 5.41) is 6.25. The zero-order valence-corrected chi connectivity index (χ0v) is 15.7. The smallest absolute Gasteiger partial charge is 0.395 e. The molecule has 28 heavy (non-hydrogen) atoms. The topological polar surface area (TPSA) is 72.5 Å². The average Bonchev–Trinajstić information content (AvgIpc) is 3.00. The number of fused-ring (bicyclic) bond motifs is 1. The molecular formula is C19H20ClF2N3O3. The van der Waals surface area contributed by atoms with Gasteiger partial charge < -0.3 is 20.1 Å². The molecule has 1 unspecified atom stereocenters. The highest BCUT2D eigenvalue weighted by atomic mass is 35.5. The summed E-state index contributed by atoms with van der Waals surface area (Å²) in [6.07, 6.45) is -0.539. The molecule has 1 atom stereocenters. The van der Waals surface area contributed by atoms with Crippen molar-refractivity contribution in [1.82, 2.24) is 15.6 Å². The fourth-order valence-electron chi connectivity index (χ4n) is 3.36. The van der Waals surface area contributed by atoms with E-state index in [0.717, 1.165) is 25.9 Å². The minimum atomic E-state index is -3.68. The number of benzene rings is 1. The first kappa shape index (κ1) is 20.3. The van der Waals surface area contributed by atoms with Crippen LogP contribution >= 0.6 is 12.4 Å². The summed E-state index contributed by atoms with van der Waals surface area (Å²) in [4.78, 5) is 17.1.